The molecule has 0 radical (unpaired) electrons. The number of rotatable bonds is 6. The van der Waals surface area contributed by atoms with Crippen LogP contribution < -0.4 is 10.1 Å². The molecule has 0 aliphatic carbocycles. The van der Waals surface area contributed by atoms with Gasteiger partial charge in [0, 0.05) is 24.1 Å². The molecule has 3 rings (SSSR count). The summed E-state index contributed by atoms with van der Waals surface area (Å²) in [5.41, 5.74) is 1.07. The lowest BCUT2D eigenvalue weighted by atomic mass is 10.2. The van der Waals surface area contributed by atoms with E-state index in [-0.39, 0.29) is 11.5 Å². The molecular formula is C18H16FN3O3. The van der Waals surface area contributed by atoms with E-state index < -0.39 is 5.82 Å². The van der Waals surface area contributed by atoms with Gasteiger partial charge in [0.25, 0.3) is 5.91 Å². The Bertz CT molecular complexity index is 862. The van der Waals surface area contributed by atoms with Gasteiger partial charge in [0.1, 0.15) is 11.6 Å². The molecule has 0 atom stereocenters. The average molecular weight is 341 g/mol. The molecule has 1 heterocycles. The topological polar surface area (TPSA) is 77.3 Å². The molecule has 128 valence electrons. The highest BCUT2D eigenvalue weighted by Gasteiger charge is 2.10. The molecule has 0 bridgehead atoms. The Hall–Kier alpha value is -3.22. The van der Waals surface area contributed by atoms with Crippen molar-refractivity contribution in [3.63, 3.8) is 0 Å². The first-order chi connectivity index (χ1) is 12.2. The van der Waals surface area contributed by atoms with Gasteiger partial charge in [-0.1, -0.05) is 11.2 Å². The molecule has 0 spiro atoms. The molecule has 0 fully saturated rings. The van der Waals surface area contributed by atoms with Crippen molar-refractivity contribution in [2.45, 2.75) is 6.42 Å². The molecule has 0 aliphatic heterocycles. The van der Waals surface area contributed by atoms with E-state index in [4.69, 9.17) is 9.26 Å². The van der Waals surface area contributed by atoms with Crippen LogP contribution in [0.1, 0.15) is 16.2 Å². The van der Waals surface area contributed by atoms with E-state index >= 15 is 0 Å². The molecule has 0 saturated carbocycles. The van der Waals surface area contributed by atoms with Crippen molar-refractivity contribution in [1.29, 1.82) is 0 Å². The SMILES string of the molecule is COc1ccc(-c2noc(CCNC(=O)c3cccc(F)c3)n2)cc1. The largest absolute Gasteiger partial charge is 0.497 e. The predicted molar refractivity (Wildman–Crippen MR) is 88.7 cm³/mol. The Morgan fingerprint density at radius 2 is 2.04 bits per heavy atom. The van der Waals surface area contributed by atoms with Crippen molar-refractivity contribution in [3.05, 3.63) is 65.8 Å². The summed E-state index contributed by atoms with van der Waals surface area (Å²) >= 11 is 0. The zero-order valence-electron chi connectivity index (χ0n) is 13.5. The first kappa shape index (κ1) is 16.6. The lowest BCUT2D eigenvalue weighted by molar-refractivity contribution is 0.0953. The molecule has 6 nitrogen and oxygen atoms in total. The Labute approximate surface area is 143 Å². The molecule has 0 unspecified atom stereocenters. The highest BCUT2D eigenvalue weighted by Crippen LogP contribution is 2.19. The molecule has 3 aromatic rings. The van der Waals surface area contributed by atoms with Crippen LogP contribution in [0.3, 0.4) is 0 Å². The summed E-state index contributed by atoms with van der Waals surface area (Å²) in [6.45, 7) is 0.305. The first-order valence-electron chi connectivity index (χ1n) is 7.66. The van der Waals surface area contributed by atoms with Gasteiger partial charge in [0.15, 0.2) is 0 Å². The van der Waals surface area contributed by atoms with Crippen molar-refractivity contribution in [1.82, 2.24) is 15.5 Å². The van der Waals surface area contributed by atoms with Gasteiger partial charge >= 0.3 is 0 Å². The fourth-order valence-electron chi connectivity index (χ4n) is 2.23. The van der Waals surface area contributed by atoms with Gasteiger partial charge in [-0.3, -0.25) is 4.79 Å². The van der Waals surface area contributed by atoms with E-state index in [2.05, 4.69) is 15.5 Å². The molecule has 7 heteroatoms. The van der Waals surface area contributed by atoms with Gasteiger partial charge in [0.2, 0.25) is 11.7 Å². The first-order valence-corrected chi connectivity index (χ1v) is 7.66. The Morgan fingerprint density at radius 3 is 2.76 bits per heavy atom. The highest BCUT2D eigenvalue weighted by molar-refractivity contribution is 5.94. The second kappa shape index (κ2) is 7.57. The zero-order valence-corrected chi connectivity index (χ0v) is 13.5. The van der Waals surface area contributed by atoms with Crippen molar-refractivity contribution in [2.24, 2.45) is 0 Å². The fourth-order valence-corrected chi connectivity index (χ4v) is 2.23. The minimum atomic E-state index is -0.450. The van der Waals surface area contributed by atoms with Crippen LogP contribution in [-0.4, -0.2) is 29.7 Å². The number of hydrogen-bond acceptors (Lipinski definition) is 5. The molecule has 1 N–H and O–H groups in total. The minimum absolute atomic E-state index is 0.268. The minimum Gasteiger partial charge on any atom is -0.497 e. The van der Waals surface area contributed by atoms with Crippen LogP contribution in [0, 0.1) is 5.82 Å². The van der Waals surface area contributed by atoms with E-state index in [0.29, 0.717) is 24.7 Å². The molecule has 0 aliphatic rings. The second-order valence-electron chi connectivity index (χ2n) is 5.26. The summed E-state index contributed by atoms with van der Waals surface area (Å²) in [5, 5.41) is 6.61. The van der Waals surface area contributed by atoms with Gasteiger partial charge in [-0.25, -0.2) is 4.39 Å². The molecule has 1 amide bonds. The molecule has 0 saturated heterocycles. The summed E-state index contributed by atoms with van der Waals surface area (Å²) in [6, 6.07) is 12.8. The van der Waals surface area contributed by atoms with Crippen LogP contribution in [0.2, 0.25) is 0 Å². The Kier molecular flexibility index (Phi) is 5.03. The predicted octanol–water partition coefficient (Wildman–Crippen LogP) is 2.86. The van der Waals surface area contributed by atoms with Crippen molar-refractivity contribution < 1.29 is 18.4 Å². The third-order valence-electron chi connectivity index (χ3n) is 3.53. The van der Waals surface area contributed by atoms with Gasteiger partial charge < -0.3 is 14.6 Å². The maximum atomic E-state index is 13.1. The number of aromatic nitrogens is 2. The molecule has 1 aromatic heterocycles. The number of carbonyl (C=O) groups excluding carboxylic acids is 1. The summed E-state index contributed by atoms with van der Waals surface area (Å²) in [4.78, 5) is 16.2. The number of carbonyl (C=O) groups is 1. The second-order valence-corrected chi connectivity index (χ2v) is 5.26. The van der Waals surface area contributed by atoms with Crippen LogP contribution in [-0.2, 0) is 6.42 Å². The number of halogens is 1. The molecule has 25 heavy (non-hydrogen) atoms. The zero-order chi connectivity index (χ0) is 17.6. The standard InChI is InChI=1S/C18H16FN3O3/c1-24-15-7-5-12(6-8-15)17-21-16(25-22-17)9-10-20-18(23)13-3-2-4-14(19)11-13/h2-8,11H,9-10H2,1H3,(H,20,23). The Balaban J connectivity index is 1.55. The number of benzene rings is 2. The summed E-state index contributed by atoms with van der Waals surface area (Å²) in [7, 11) is 1.60. The van der Waals surface area contributed by atoms with Gasteiger partial charge in [-0.15, -0.1) is 0 Å². The highest BCUT2D eigenvalue weighted by atomic mass is 19.1. The summed E-state index contributed by atoms with van der Waals surface area (Å²) < 4.78 is 23.4. The Morgan fingerprint density at radius 1 is 1.24 bits per heavy atom. The smallest absolute Gasteiger partial charge is 0.251 e. The van der Waals surface area contributed by atoms with Gasteiger partial charge in [-0.05, 0) is 42.5 Å². The normalized spacial score (nSPS) is 10.5. The van der Waals surface area contributed by atoms with E-state index in [9.17, 15) is 9.18 Å². The van der Waals surface area contributed by atoms with E-state index in [0.717, 1.165) is 11.3 Å². The lowest BCUT2D eigenvalue weighted by Gasteiger charge is -2.03. The number of nitrogens with one attached hydrogen (secondary N) is 1. The van der Waals surface area contributed by atoms with Crippen molar-refractivity contribution >= 4 is 5.91 Å². The van der Waals surface area contributed by atoms with Crippen molar-refractivity contribution in [3.8, 4) is 17.1 Å². The van der Waals surface area contributed by atoms with Crippen molar-refractivity contribution in [2.75, 3.05) is 13.7 Å². The number of amides is 1. The number of nitrogens with zero attached hydrogens (tertiary/aromatic N) is 2. The molecule has 2 aromatic carbocycles. The number of hydrogen-bond donors (Lipinski definition) is 1. The van der Waals surface area contributed by atoms with Gasteiger partial charge in [-0.2, -0.15) is 4.98 Å². The lowest BCUT2D eigenvalue weighted by Crippen LogP contribution is -2.25. The molecular weight excluding hydrogens is 325 g/mol. The summed E-state index contributed by atoms with van der Waals surface area (Å²) in [6.07, 6.45) is 0.379. The third-order valence-corrected chi connectivity index (χ3v) is 3.53. The fraction of sp³-hybridized carbons (Fsp3) is 0.167. The van der Waals surface area contributed by atoms with Crippen LogP contribution in [0.25, 0.3) is 11.4 Å². The van der Waals surface area contributed by atoms with Crippen LogP contribution in [0.5, 0.6) is 5.75 Å². The van der Waals surface area contributed by atoms with Crippen LogP contribution in [0.4, 0.5) is 4.39 Å². The number of methoxy groups -OCH3 is 1. The van der Waals surface area contributed by atoms with E-state index in [1.54, 1.807) is 13.2 Å². The monoisotopic (exact) mass is 341 g/mol. The average Bonchev–Trinajstić information content (AvgIpc) is 3.10. The summed E-state index contributed by atoms with van der Waals surface area (Å²) in [5.74, 6) is 0.815. The van der Waals surface area contributed by atoms with E-state index in [1.165, 1.54) is 18.2 Å². The maximum absolute atomic E-state index is 13.1. The van der Waals surface area contributed by atoms with Gasteiger partial charge in [0.05, 0.1) is 7.11 Å². The third kappa shape index (κ3) is 4.20. The number of ether oxygens (including phenoxy) is 1. The maximum Gasteiger partial charge on any atom is 0.251 e. The quantitative estimate of drug-likeness (QED) is 0.746. The van der Waals surface area contributed by atoms with Crippen LogP contribution in [0.15, 0.2) is 53.1 Å². The van der Waals surface area contributed by atoms with Crippen LogP contribution >= 0.6 is 0 Å². The van der Waals surface area contributed by atoms with E-state index in [1.807, 2.05) is 24.3 Å².